The number of likely N-dealkylation sites (tertiary alicyclic amines) is 1. The quantitative estimate of drug-likeness (QED) is 0.865. The topological polar surface area (TPSA) is 81.9 Å². The average Bonchev–Trinajstić information content (AvgIpc) is 2.60. The van der Waals surface area contributed by atoms with Gasteiger partial charge in [-0.3, -0.25) is 9.59 Å². The van der Waals surface area contributed by atoms with Crippen molar-refractivity contribution < 1.29 is 32.2 Å². The summed E-state index contributed by atoms with van der Waals surface area (Å²) in [7, 11) is 0. The molecule has 2 amide bonds. The first-order valence-corrected chi connectivity index (χ1v) is 8.76. The maximum Gasteiger partial charge on any atom is 0.573 e. The van der Waals surface area contributed by atoms with Gasteiger partial charge in [-0.2, -0.15) is 0 Å². The van der Waals surface area contributed by atoms with Gasteiger partial charge in [0.25, 0.3) is 5.91 Å². The predicted octanol–water partition coefficient (Wildman–Crippen LogP) is 2.47. The molecule has 2 N–H and O–H groups in total. The molecule has 2 saturated heterocycles. The number of benzene rings is 1. The summed E-state index contributed by atoms with van der Waals surface area (Å²) in [6, 6.07) is 3.91. The Kier molecular flexibility index (Phi) is 5.32. The number of rotatable bonds is 3. The minimum absolute atomic E-state index is 0.180. The van der Waals surface area contributed by atoms with Gasteiger partial charge in [0.15, 0.2) is 0 Å². The summed E-state index contributed by atoms with van der Waals surface area (Å²) in [6.07, 6.45) is -2.01. The molecule has 2 fully saturated rings. The standard InChI is InChI=1S/C18H21F3N2O4/c19-18(20,21)27-13-4-2-12(3-5-13)16(25)23-9-1-6-17(14(23)15(22)24)7-10-26-11-8-17/h2-5,14H,1,6-11H2,(H2,22,24). The van der Waals surface area contributed by atoms with E-state index in [4.69, 9.17) is 10.5 Å². The Morgan fingerprint density at radius 1 is 1.15 bits per heavy atom. The number of hydrogen-bond acceptors (Lipinski definition) is 4. The highest BCUT2D eigenvalue weighted by Gasteiger charge is 2.50. The molecule has 27 heavy (non-hydrogen) atoms. The van der Waals surface area contributed by atoms with Gasteiger partial charge in [0, 0.05) is 30.7 Å². The lowest BCUT2D eigenvalue weighted by atomic mass is 9.67. The normalized spacial score (nSPS) is 22.5. The number of halogens is 3. The van der Waals surface area contributed by atoms with Gasteiger partial charge in [-0.1, -0.05) is 0 Å². The third-order valence-electron chi connectivity index (χ3n) is 5.32. The molecule has 2 aliphatic rings. The summed E-state index contributed by atoms with van der Waals surface area (Å²) in [5.41, 5.74) is 5.43. The molecule has 0 aromatic heterocycles. The maximum atomic E-state index is 13.0. The van der Waals surface area contributed by atoms with Crippen molar-refractivity contribution in [2.24, 2.45) is 11.1 Å². The summed E-state index contributed by atoms with van der Waals surface area (Å²) in [5.74, 6) is -1.41. The lowest BCUT2D eigenvalue weighted by Gasteiger charge is -2.50. The smallest absolute Gasteiger partial charge is 0.406 e. The molecule has 1 atom stereocenters. The number of amides is 2. The van der Waals surface area contributed by atoms with E-state index in [1.54, 1.807) is 0 Å². The molecule has 1 aromatic rings. The highest BCUT2D eigenvalue weighted by molar-refractivity contribution is 5.97. The molecule has 2 heterocycles. The number of ether oxygens (including phenoxy) is 2. The van der Waals surface area contributed by atoms with Crippen molar-refractivity contribution in [2.75, 3.05) is 19.8 Å². The second kappa shape index (κ2) is 7.38. The molecule has 0 radical (unpaired) electrons. The van der Waals surface area contributed by atoms with Crippen molar-refractivity contribution in [1.29, 1.82) is 0 Å². The van der Waals surface area contributed by atoms with Crippen molar-refractivity contribution in [3.05, 3.63) is 29.8 Å². The van der Waals surface area contributed by atoms with E-state index < -0.39 is 35.4 Å². The molecule has 1 spiro atoms. The van der Waals surface area contributed by atoms with Crippen LogP contribution in [0.1, 0.15) is 36.0 Å². The van der Waals surface area contributed by atoms with Crippen molar-refractivity contribution in [2.45, 2.75) is 38.1 Å². The van der Waals surface area contributed by atoms with Crippen molar-refractivity contribution >= 4 is 11.8 Å². The van der Waals surface area contributed by atoms with E-state index in [1.165, 1.54) is 17.0 Å². The number of carbonyl (C=O) groups excluding carboxylic acids is 2. The minimum Gasteiger partial charge on any atom is -0.406 e. The fourth-order valence-electron chi connectivity index (χ4n) is 4.14. The van der Waals surface area contributed by atoms with Crippen LogP contribution in [0.15, 0.2) is 24.3 Å². The van der Waals surface area contributed by atoms with Gasteiger partial charge < -0.3 is 20.1 Å². The van der Waals surface area contributed by atoms with E-state index >= 15 is 0 Å². The number of hydrogen-bond donors (Lipinski definition) is 1. The summed E-state index contributed by atoms with van der Waals surface area (Å²) in [6.45, 7) is 1.39. The third kappa shape index (κ3) is 4.18. The lowest BCUT2D eigenvalue weighted by Crippen LogP contribution is -2.61. The monoisotopic (exact) mass is 386 g/mol. The highest BCUT2D eigenvalue weighted by Crippen LogP contribution is 2.44. The zero-order valence-electron chi connectivity index (χ0n) is 14.6. The Morgan fingerprint density at radius 3 is 2.33 bits per heavy atom. The first-order valence-electron chi connectivity index (χ1n) is 8.76. The summed E-state index contributed by atoms with van der Waals surface area (Å²) >= 11 is 0. The van der Waals surface area contributed by atoms with Gasteiger partial charge in [0.1, 0.15) is 11.8 Å². The fraction of sp³-hybridized carbons (Fsp3) is 0.556. The van der Waals surface area contributed by atoms with E-state index in [1.807, 2.05) is 0 Å². The third-order valence-corrected chi connectivity index (χ3v) is 5.32. The number of piperidine rings is 1. The van der Waals surface area contributed by atoms with E-state index in [0.29, 0.717) is 32.6 Å². The summed E-state index contributed by atoms with van der Waals surface area (Å²) in [4.78, 5) is 26.6. The van der Waals surface area contributed by atoms with Gasteiger partial charge >= 0.3 is 6.36 Å². The molecule has 148 valence electrons. The van der Waals surface area contributed by atoms with E-state index in [-0.39, 0.29) is 5.56 Å². The zero-order chi connectivity index (χ0) is 19.7. The highest BCUT2D eigenvalue weighted by atomic mass is 19.4. The lowest BCUT2D eigenvalue weighted by molar-refractivity contribution is -0.274. The molecule has 9 heteroatoms. The van der Waals surface area contributed by atoms with Crippen LogP contribution in [-0.2, 0) is 9.53 Å². The van der Waals surface area contributed by atoms with Gasteiger partial charge in [-0.15, -0.1) is 13.2 Å². The molecule has 1 unspecified atom stereocenters. The molecule has 0 bridgehead atoms. The Labute approximate surface area is 154 Å². The molecular formula is C18H21F3N2O4. The first kappa shape index (κ1) is 19.5. The second-order valence-electron chi connectivity index (χ2n) is 6.95. The van der Waals surface area contributed by atoms with Crippen LogP contribution in [0, 0.1) is 5.41 Å². The zero-order valence-corrected chi connectivity index (χ0v) is 14.6. The summed E-state index contributed by atoms with van der Waals surface area (Å²) in [5, 5.41) is 0. The molecule has 3 rings (SSSR count). The number of alkyl halides is 3. The first-order chi connectivity index (χ1) is 12.7. The maximum absolute atomic E-state index is 13.0. The van der Waals surface area contributed by atoms with E-state index in [9.17, 15) is 22.8 Å². The Bertz CT molecular complexity index is 694. The van der Waals surface area contributed by atoms with Crippen LogP contribution in [-0.4, -0.2) is 48.9 Å². The van der Waals surface area contributed by atoms with Gasteiger partial charge in [0.05, 0.1) is 0 Å². The number of nitrogens with two attached hydrogens (primary N) is 1. The van der Waals surface area contributed by atoms with Crippen LogP contribution in [0.2, 0.25) is 0 Å². The molecule has 6 nitrogen and oxygen atoms in total. The van der Waals surface area contributed by atoms with Crippen molar-refractivity contribution in [1.82, 2.24) is 4.90 Å². The number of nitrogens with zero attached hydrogens (tertiary/aromatic N) is 1. The summed E-state index contributed by atoms with van der Waals surface area (Å²) < 4.78 is 46.0. The molecule has 0 saturated carbocycles. The van der Waals surface area contributed by atoms with Crippen LogP contribution < -0.4 is 10.5 Å². The van der Waals surface area contributed by atoms with E-state index in [2.05, 4.69) is 4.74 Å². The van der Waals surface area contributed by atoms with Crippen LogP contribution in [0.3, 0.4) is 0 Å². The largest absolute Gasteiger partial charge is 0.573 e. The Hall–Kier alpha value is -2.29. The van der Waals surface area contributed by atoms with Crippen molar-refractivity contribution in [3.63, 3.8) is 0 Å². The van der Waals surface area contributed by atoms with Crippen LogP contribution in [0.25, 0.3) is 0 Å². The predicted molar refractivity (Wildman–Crippen MR) is 88.9 cm³/mol. The molecule has 1 aromatic carbocycles. The minimum atomic E-state index is -4.80. The number of primary amides is 1. The molecule has 0 aliphatic carbocycles. The van der Waals surface area contributed by atoms with E-state index in [0.717, 1.165) is 25.0 Å². The van der Waals surface area contributed by atoms with Crippen LogP contribution in [0.4, 0.5) is 13.2 Å². The fourth-order valence-corrected chi connectivity index (χ4v) is 4.14. The van der Waals surface area contributed by atoms with Crippen molar-refractivity contribution in [3.8, 4) is 5.75 Å². The Morgan fingerprint density at radius 2 is 1.78 bits per heavy atom. The Balaban J connectivity index is 1.83. The average molecular weight is 386 g/mol. The van der Waals surface area contributed by atoms with Crippen LogP contribution in [0.5, 0.6) is 5.75 Å². The van der Waals surface area contributed by atoms with Crippen LogP contribution >= 0.6 is 0 Å². The second-order valence-corrected chi connectivity index (χ2v) is 6.95. The molecular weight excluding hydrogens is 365 g/mol. The van der Waals surface area contributed by atoms with Gasteiger partial charge in [0.2, 0.25) is 5.91 Å². The number of carbonyl (C=O) groups is 2. The molecule has 2 aliphatic heterocycles. The van der Waals surface area contributed by atoms with Gasteiger partial charge in [-0.25, -0.2) is 0 Å². The SMILES string of the molecule is NC(=O)C1N(C(=O)c2ccc(OC(F)(F)F)cc2)CCCC12CCOCC2. The van der Waals surface area contributed by atoms with Gasteiger partial charge in [-0.05, 0) is 49.9 Å².